The third-order valence-corrected chi connectivity index (χ3v) is 13.9. The number of aromatic amines is 1. The molecule has 4 aromatic rings. The Bertz CT molecular complexity index is 2930. The second kappa shape index (κ2) is 32.5. The number of phenolic OH excluding ortho intramolecular Hbond substituents is 1. The summed E-state index contributed by atoms with van der Waals surface area (Å²) in [4.78, 5) is 156. The van der Waals surface area contributed by atoms with Gasteiger partial charge in [-0.2, -0.15) is 0 Å². The number of benzene rings is 3. The lowest BCUT2D eigenvalue weighted by atomic mass is 10.0. The Morgan fingerprint density at radius 3 is 1.76 bits per heavy atom. The number of carbonyl (C=O) groups is 11. The molecular formula is C57H75N13O15. The number of aliphatic hydroxyl groups excluding tert-OH is 2. The van der Waals surface area contributed by atoms with Crippen LogP contribution < -0.4 is 54.0 Å². The fourth-order valence-corrected chi connectivity index (χ4v) is 9.19. The van der Waals surface area contributed by atoms with Crippen LogP contribution in [0.3, 0.4) is 0 Å². The molecular weight excluding hydrogens is 1110 g/mol. The number of primary amides is 1. The van der Waals surface area contributed by atoms with Gasteiger partial charge in [0.1, 0.15) is 54.1 Å². The molecule has 10 amide bonds. The monoisotopic (exact) mass is 1180 g/mol. The van der Waals surface area contributed by atoms with Gasteiger partial charge in [0.2, 0.25) is 59.1 Å². The molecule has 1 aliphatic rings. The normalized spacial score (nSPS) is 16.1. The average molecular weight is 1180 g/mol. The van der Waals surface area contributed by atoms with E-state index < -0.39 is 145 Å². The second-order valence-electron chi connectivity index (χ2n) is 20.9. The molecule has 0 radical (unpaired) electrons. The minimum absolute atomic E-state index is 0.0288. The zero-order valence-electron chi connectivity index (χ0n) is 47.2. The molecule has 458 valence electrons. The van der Waals surface area contributed by atoms with Gasteiger partial charge in [0.15, 0.2) is 0 Å². The van der Waals surface area contributed by atoms with E-state index in [1.165, 1.54) is 48.6 Å². The van der Waals surface area contributed by atoms with E-state index >= 15 is 0 Å². The van der Waals surface area contributed by atoms with E-state index in [0.29, 0.717) is 23.2 Å². The first-order chi connectivity index (χ1) is 40.4. The molecule has 1 aromatic heterocycles. The van der Waals surface area contributed by atoms with Crippen LogP contribution in [0.2, 0.25) is 0 Å². The molecule has 0 bridgehead atoms. The van der Waals surface area contributed by atoms with Gasteiger partial charge in [-0.25, -0.2) is 9.78 Å². The Morgan fingerprint density at radius 1 is 0.647 bits per heavy atom. The number of imidazole rings is 1. The Balaban J connectivity index is 1.26. The molecule has 3 aromatic carbocycles. The van der Waals surface area contributed by atoms with Crippen LogP contribution in [-0.4, -0.2) is 181 Å². The summed E-state index contributed by atoms with van der Waals surface area (Å²) in [6.07, 6.45) is 0.484. The molecule has 1 fully saturated rings. The number of hydrogen-bond acceptors (Lipinski definition) is 16. The van der Waals surface area contributed by atoms with Crippen LogP contribution in [0.25, 0.3) is 0 Å². The van der Waals surface area contributed by atoms with Crippen molar-refractivity contribution in [3.05, 3.63) is 120 Å². The number of amides is 10. The molecule has 1 saturated heterocycles. The molecule has 28 heteroatoms. The van der Waals surface area contributed by atoms with Crippen molar-refractivity contribution < 1.29 is 73.2 Å². The Hall–Kier alpha value is -9.28. The zero-order valence-corrected chi connectivity index (χ0v) is 47.2. The largest absolute Gasteiger partial charge is 0.508 e. The van der Waals surface area contributed by atoms with Gasteiger partial charge in [0, 0.05) is 44.1 Å². The van der Waals surface area contributed by atoms with Crippen molar-refractivity contribution in [1.29, 1.82) is 0 Å². The molecule has 0 saturated carbocycles. The first-order valence-corrected chi connectivity index (χ1v) is 27.5. The fraction of sp³-hybridized carbons (Fsp3) is 0.439. The van der Waals surface area contributed by atoms with E-state index in [4.69, 9.17) is 11.5 Å². The number of carboxylic acids is 1. The number of phenols is 1. The maximum Gasteiger partial charge on any atom is 0.326 e. The highest BCUT2D eigenvalue weighted by atomic mass is 16.4. The number of rotatable bonds is 32. The van der Waals surface area contributed by atoms with E-state index in [0.717, 1.165) is 5.56 Å². The predicted octanol–water partition coefficient (Wildman–Crippen LogP) is -3.41. The number of aromatic nitrogens is 2. The Morgan fingerprint density at radius 2 is 1.20 bits per heavy atom. The predicted molar refractivity (Wildman–Crippen MR) is 303 cm³/mol. The number of nitrogens with zero attached hydrogens (tertiary/aromatic N) is 2. The number of H-pyrrole nitrogens is 1. The Kier molecular flexibility index (Phi) is 25.5. The summed E-state index contributed by atoms with van der Waals surface area (Å²) in [6.45, 7) is 2.69. The first-order valence-electron chi connectivity index (χ1n) is 27.5. The van der Waals surface area contributed by atoms with Crippen molar-refractivity contribution in [2.45, 2.75) is 133 Å². The van der Waals surface area contributed by atoms with E-state index in [-0.39, 0.29) is 57.2 Å². The third-order valence-electron chi connectivity index (χ3n) is 13.9. The van der Waals surface area contributed by atoms with E-state index in [9.17, 15) is 73.2 Å². The average Bonchev–Trinajstić information content (AvgIpc) is 3.91. The summed E-state index contributed by atoms with van der Waals surface area (Å²) < 4.78 is 0. The molecule has 0 spiro atoms. The SMILES string of the molecule is CC(C)[C@H](NC(=O)[C@H](Cc1cnc[nH]1)NC(=O)[C@H](CO)NC(=O)CNC(=O)[C@H](CCC(N)=O)NC(=O)[C@@H](N)Cc1ccccc1)C(=O)N1CCC[C@H]1C(=O)N[C@@H](Cc1ccc(O)cc1)C(=O)N[C@H](C(=O)N[C@@H](Cc1ccccc1)C(=O)O)[C@@H](C)O. The number of carboxylic acid groups (broad SMARTS) is 1. The fourth-order valence-electron chi connectivity index (χ4n) is 9.19. The Labute approximate surface area is 489 Å². The van der Waals surface area contributed by atoms with Gasteiger partial charge < -0.3 is 84.3 Å². The first kappa shape index (κ1) is 66.5. The highest BCUT2D eigenvalue weighted by molar-refractivity contribution is 5.98. The molecule has 5 rings (SSSR count). The summed E-state index contributed by atoms with van der Waals surface area (Å²) in [7, 11) is 0. The van der Waals surface area contributed by atoms with Crippen molar-refractivity contribution in [2.75, 3.05) is 19.7 Å². The maximum atomic E-state index is 14.6. The van der Waals surface area contributed by atoms with Crippen molar-refractivity contribution in [1.82, 2.24) is 57.4 Å². The minimum atomic E-state index is -1.71. The number of aliphatic hydroxyl groups is 2. The maximum absolute atomic E-state index is 14.6. The van der Waals surface area contributed by atoms with Gasteiger partial charge in [-0.15, -0.1) is 0 Å². The van der Waals surface area contributed by atoms with Crippen LogP contribution in [0, 0.1) is 5.92 Å². The van der Waals surface area contributed by atoms with E-state index in [2.05, 4.69) is 52.5 Å². The van der Waals surface area contributed by atoms with Crippen LogP contribution in [0.5, 0.6) is 5.75 Å². The van der Waals surface area contributed by atoms with Gasteiger partial charge in [-0.1, -0.05) is 86.6 Å². The van der Waals surface area contributed by atoms with Crippen LogP contribution >= 0.6 is 0 Å². The molecule has 2 heterocycles. The molecule has 0 unspecified atom stereocenters. The number of carbonyl (C=O) groups excluding carboxylic acids is 10. The number of likely N-dealkylation sites (tertiary alicyclic amines) is 1. The van der Waals surface area contributed by atoms with Gasteiger partial charge in [0.05, 0.1) is 31.6 Å². The topological polar surface area (TPSA) is 449 Å². The van der Waals surface area contributed by atoms with Gasteiger partial charge in [0.25, 0.3) is 0 Å². The summed E-state index contributed by atoms with van der Waals surface area (Å²) in [6, 6.07) is 10.1. The van der Waals surface area contributed by atoms with E-state index in [1.807, 2.05) is 0 Å². The van der Waals surface area contributed by atoms with Gasteiger partial charge in [-0.3, -0.25) is 47.9 Å². The van der Waals surface area contributed by atoms with E-state index in [1.54, 1.807) is 74.5 Å². The van der Waals surface area contributed by atoms with Crippen LogP contribution in [0.4, 0.5) is 0 Å². The zero-order chi connectivity index (χ0) is 62.3. The summed E-state index contributed by atoms with van der Waals surface area (Å²) in [5.41, 5.74) is 13.5. The van der Waals surface area contributed by atoms with Crippen molar-refractivity contribution in [3.8, 4) is 5.75 Å². The van der Waals surface area contributed by atoms with Crippen LogP contribution in [0.15, 0.2) is 97.5 Å². The molecule has 28 nitrogen and oxygen atoms in total. The minimum Gasteiger partial charge on any atom is -0.508 e. The molecule has 85 heavy (non-hydrogen) atoms. The van der Waals surface area contributed by atoms with Crippen molar-refractivity contribution in [2.24, 2.45) is 17.4 Å². The molecule has 10 atom stereocenters. The number of hydrogen-bond donors (Lipinski definition) is 15. The molecule has 1 aliphatic heterocycles. The standard InChI is InChI=1S/C57H75N13O15/c1-31(2)47(56(83)70-22-10-15-44(70)54(81)66-40(24-35-16-18-37(73)19-17-35)51(78)69-48(32(3)72)55(82)67-42(57(84)85)25-34-13-8-5-9-14-34)68-52(79)41(26-36-27-60-30-62-36)65-53(80)43(29-71)63-46(75)28-61-50(77)39(20-21-45(59)74)64-49(76)38(58)23-33-11-6-4-7-12-33/h4-9,11-14,16-19,27,30-32,38-44,47-48,71-73H,10,15,20-26,28-29,58H2,1-3H3,(H2,59,74)(H,60,62)(H,61,77)(H,63,75)(H,64,76)(H,65,80)(H,66,81)(H,67,82)(H,68,79)(H,69,78)(H,84,85)/t32-,38+,39+,40+,41+,42+,43+,44+,47+,48+/m1/s1. The summed E-state index contributed by atoms with van der Waals surface area (Å²) >= 11 is 0. The van der Waals surface area contributed by atoms with Gasteiger partial charge in [-0.05, 0) is 67.3 Å². The molecule has 17 N–H and O–H groups in total. The van der Waals surface area contributed by atoms with Crippen LogP contribution in [0.1, 0.15) is 68.8 Å². The van der Waals surface area contributed by atoms with Gasteiger partial charge >= 0.3 is 5.97 Å². The molecule has 0 aliphatic carbocycles. The summed E-state index contributed by atoms with van der Waals surface area (Å²) in [5.74, 6) is -11.0. The lowest BCUT2D eigenvalue weighted by molar-refractivity contribution is -0.144. The summed E-state index contributed by atoms with van der Waals surface area (Å²) in [5, 5.41) is 60.6. The number of nitrogens with two attached hydrogens (primary N) is 2. The third kappa shape index (κ3) is 20.8. The highest BCUT2D eigenvalue weighted by Gasteiger charge is 2.42. The smallest absolute Gasteiger partial charge is 0.326 e. The second-order valence-corrected chi connectivity index (χ2v) is 20.9. The van der Waals surface area contributed by atoms with Crippen LogP contribution in [-0.2, 0) is 78.4 Å². The lowest BCUT2D eigenvalue weighted by Gasteiger charge is -2.32. The number of aliphatic carboxylic acids is 1. The number of nitrogens with one attached hydrogen (secondary N) is 9. The quantitative estimate of drug-likeness (QED) is 0.0227. The number of aromatic hydroxyl groups is 1. The highest BCUT2D eigenvalue weighted by Crippen LogP contribution is 2.22. The van der Waals surface area contributed by atoms with Crippen molar-refractivity contribution >= 4 is 65.0 Å². The van der Waals surface area contributed by atoms with Crippen molar-refractivity contribution in [3.63, 3.8) is 0 Å². The lowest BCUT2D eigenvalue weighted by Crippen LogP contribution is -2.62.